The number of rotatable bonds is 6. The van der Waals surface area contributed by atoms with E-state index in [0.29, 0.717) is 13.1 Å². The van der Waals surface area contributed by atoms with Crippen LogP contribution in [0.15, 0.2) is 42.7 Å². The van der Waals surface area contributed by atoms with Gasteiger partial charge in [-0.2, -0.15) is 0 Å². The molecule has 0 amide bonds. The number of carboxylic acids is 1. The van der Waals surface area contributed by atoms with Crippen molar-refractivity contribution >= 4 is 5.97 Å². The first-order valence-corrected chi connectivity index (χ1v) is 5.62. The Balaban J connectivity index is 1.93. The minimum atomic E-state index is -0.889. The first-order chi connectivity index (χ1) is 8.77. The number of hydrogen-bond donors (Lipinski definition) is 2. The predicted octanol–water partition coefficient (Wildman–Crippen LogP) is 0.694. The van der Waals surface area contributed by atoms with Crippen LogP contribution in [0.4, 0.5) is 0 Å². The molecule has 6 heteroatoms. The molecule has 0 saturated heterocycles. The zero-order chi connectivity index (χ0) is 12.8. The van der Waals surface area contributed by atoms with Gasteiger partial charge in [-0.1, -0.05) is 35.5 Å². The Kier molecular flexibility index (Phi) is 4.03. The van der Waals surface area contributed by atoms with Crippen molar-refractivity contribution in [3.05, 3.63) is 48.3 Å². The number of carboxylic acid groups (broad SMARTS) is 1. The molecule has 94 valence electrons. The van der Waals surface area contributed by atoms with Gasteiger partial charge in [-0.15, -0.1) is 5.10 Å². The van der Waals surface area contributed by atoms with Crippen LogP contribution in [-0.2, 0) is 11.3 Å². The molecule has 0 radical (unpaired) electrons. The van der Waals surface area contributed by atoms with Crippen LogP contribution in [0.3, 0.4) is 0 Å². The number of aliphatic carboxylic acids is 1. The molecule has 1 aromatic heterocycles. The maximum atomic E-state index is 11.2. The minimum Gasteiger partial charge on any atom is -0.480 e. The maximum absolute atomic E-state index is 11.2. The van der Waals surface area contributed by atoms with Crippen LogP contribution < -0.4 is 5.32 Å². The second-order valence-corrected chi connectivity index (χ2v) is 3.80. The largest absolute Gasteiger partial charge is 0.480 e. The van der Waals surface area contributed by atoms with E-state index >= 15 is 0 Å². The van der Waals surface area contributed by atoms with Crippen molar-refractivity contribution in [3.63, 3.8) is 0 Å². The summed E-state index contributed by atoms with van der Waals surface area (Å²) in [4.78, 5) is 11.2. The highest BCUT2D eigenvalue weighted by molar-refractivity contribution is 5.75. The molecular weight excluding hydrogens is 232 g/mol. The van der Waals surface area contributed by atoms with Gasteiger partial charge in [-0.25, -0.2) is 0 Å². The highest BCUT2D eigenvalue weighted by Gasteiger charge is 2.18. The predicted molar refractivity (Wildman–Crippen MR) is 64.8 cm³/mol. The average Bonchev–Trinajstić information content (AvgIpc) is 2.88. The van der Waals surface area contributed by atoms with Crippen molar-refractivity contribution in [1.82, 2.24) is 20.3 Å². The zero-order valence-corrected chi connectivity index (χ0v) is 9.73. The Labute approximate surface area is 104 Å². The van der Waals surface area contributed by atoms with Gasteiger partial charge in [-0.3, -0.25) is 14.8 Å². The normalized spacial score (nSPS) is 12.2. The van der Waals surface area contributed by atoms with E-state index in [2.05, 4.69) is 15.6 Å². The summed E-state index contributed by atoms with van der Waals surface area (Å²) in [6.45, 7) is 1.09. The van der Waals surface area contributed by atoms with E-state index in [4.69, 9.17) is 0 Å². The number of benzene rings is 1. The van der Waals surface area contributed by atoms with Crippen LogP contribution in [0.5, 0.6) is 0 Å². The fraction of sp³-hybridized carbons (Fsp3) is 0.250. The Morgan fingerprint density at radius 3 is 2.78 bits per heavy atom. The molecule has 1 heterocycles. The van der Waals surface area contributed by atoms with Gasteiger partial charge < -0.3 is 5.11 Å². The van der Waals surface area contributed by atoms with Gasteiger partial charge in [0.25, 0.3) is 0 Å². The molecule has 18 heavy (non-hydrogen) atoms. The summed E-state index contributed by atoms with van der Waals surface area (Å²) in [5.74, 6) is -0.889. The zero-order valence-electron chi connectivity index (χ0n) is 9.73. The summed E-state index contributed by atoms with van der Waals surface area (Å²) in [6, 6.07) is 8.39. The Hall–Kier alpha value is -2.21. The number of hydrogen-bond acceptors (Lipinski definition) is 4. The molecule has 0 aliphatic rings. The van der Waals surface area contributed by atoms with Gasteiger partial charge in [0.2, 0.25) is 0 Å². The second kappa shape index (κ2) is 5.92. The lowest BCUT2D eigenvalue weighted by Crippen LogP contribution is -2.31. The van der Waals surface area contributed by atoms with Crippen LogP contribution in [0.2, 0.25) is 0 Å². The molecule has 0 spiro atoms. The summed E-state index contributed by atoms with van der Waals surface area (Å²) >= 11 is 0. The summed E-state index contributed by atoms with van der Waals surface area (Å²) in [6.07, 6.45) is 3.33. The molecule has 6 nitrogen and oxygen atoms in total. The van der Waals surface area contributed by atoms with Gasteiger partial charge in [0.15, 0.2) is 0 Å². The van der Waals surface area contributed by atoms with Crippen molar-refractivity contribution < 1.29 is 9.90 Å². The Bertz CT molecular complexity index is 484. The smallest absolute Gasteiger partial charge is 0.325 e. The van der Waals surface area contributed by atoms with E-state index in [1.807, 2.05) is 18.2 Å². The van der Waals surface area contributed by atoms with Crippen molar-refractivity contribution in [2.75, 3.05) is 6.54 Å². The van der Waals surface area contributed by atoms with E-state index in [0.717, 1.165) is 5.56 Å². The molecule has 0 fully saturated rings. The number of aromatic nitrogens is 3. The van der Waals surface area contributed by atoms with Gasteiger partial charge in [-0.05, 0) is 5.56 Å². The molecule has 0 aliphatic carbocycles. The van der Waals surface area contributed by atoms with Gasteiger partial charge in [0.05, 0.1) is 12.7 Å². The molecule has 1 unspecified atom stereocenters. The van der Waals surface area contributed by atoms with Gasteiger partial charge in [0.1, 0.15) is 6.04 Å². The summed E-state index contributed by atoms with van der Waals surface area (Å²) < 4.78 is 1.65. The van der Waals surface area contributed by atoms with Crippen LogP contribution in [0.1, 0.15) is 11.6 Å². The van der Waals surface area contributed by atoms with E-state index < -0.39 is 12.0 Å². The number of carbonyl (C=O) groups is 1. The molecule has 1 aromatic carbocycles. The van der Waals surface area contributed by atoms with Crippen molar-refractivity contribution in [2.24, 2.45) is 0 Å². The Morgan fingerprint density at radius 1 is 1.39 bits per heavy atom. The van der Waals surface area contributed by atoms with Crippen molar-refractivity contribution in [2.45, 2.75) is 12.6 Å². The monoisotopic (exact) mass is 246 g/mol. The molecule has 2 rings (SSSR count). The van der Waals surface area contributed by atoms with Gasteiger partial charge in [0, 0.05) is 12.7 Å². The quantitative estimate of drug-likeness (QED) is 0.784. The van der Waals surface area contributed by atoms with Crippen LogP contribution >= 0.6 is 0 Å². The molecule has 2 aromatic rings. The third-order valence-corrected chi connectivity index (χ3v) is 2.54. The van der Waals surface area contributed by atoms with Crippen LogP contribution in [0, 0.1) is 0 Å². The molecular formula is C12H14N4O2. The van der Waals surface area contributed by atoms with Crippen LogP contribution in [-0.4, -0.2) is 32.6 Å². The average molecular weight is 246 g/mol. The van der Waals surface area contributed by atoms with E-state index in [1.165, 1.54) is 0 Å². The van der Waals surface area contributed by atoms with Crippen molar-refractivity contribution in [3.8, 4) is 0 Å². The Morgan fingerprint density at radius 2 is 2.17 bits per heavy atom. The fourth-order valence-corrected chi connectivity index (χ4v) is 1.67. The molecule has 2 N–H and O–H groups in total. The lowest BCUT2D eigenvalue weighted by molar-refractivity contribution is -0.139. The van der Waals surface area contributed by atoms with E-state index in [1.54, 1.807) is 29.2 Å². The topological polar surface area (TPSA) is 80.0 Å². The summed E-state index contributed by atoms with van der Waals surface area (Å²) in [5.41, 5.74) is 0.739. The lowest BCUT2D eigenvalue weighted by Gasteiger charge is -2.14. The highest BCUT2D eigenvalue weighted by Crippen LogP contribution is 2.12. The van der Waals surface area contributed by atoms with E-state index in [9.17, 15) is 9.90 Å². The SMILES string of the molecule is O=C(O)C(NCCn1ccnn1)c1ccccc1. The first-order valence-electron chi connectivity index (χ1n) is 5.62. The molecule has 0 bridgehead atoms. The van der Waals surface area contributed by atoms with E-state index in [-0.39, 0.29) is 0 Å². The standard InChI is InChI=1S/C12H14N4O2/c17-12(18)11(10-4-2-1-3-5-10)13-6-8-16-9-7-14-15-16/h1-5,7,9,11,13H,6,8H2,(H,17,18). The summed E-state index contributed by atoms with van der Waals surface area (Å²) in [7, 11) is 0. The summed E-state index contributed by atoms with van der Waals surface area (Å²) in [5, 5.41) is 19.7. The number of nitrogens with one attached hydrogen (secondary N) is 1. The molecule has 1 atom stereocenters. The molecule has 0 saturated carbocycles. The number of nitrogens with zero attached hydrogens (tertiary/aromatic N) is 3. The first kappa shape index (κ1) is 12.3. The second-order valence-electron chi connectivity index (χ2n) is 3.80. The highest BCUT2D eigenvalue weighted by atomic mass is 16.4. The third kappa shape index (κ3) is 3.14. The fourth-order valence-electron chi connectivity index (χ4n) is 1.67. The van der Waals surface area contributed by atoms with Crippen molar-refractivity contribution in [1.29, 1.82) is 0 Å². The minimum absolute atomic E-state index is 0.509. The maximum Gasteiger partial charge on any atom is 0.325 e. The third-order valence-electron chi connectivity index (χ3n) is 2.54. The van der Waals surface area contributed by atoms with Crippen LogP contribution in [0.25, 0.3) is 0 Å². The van der Waals surface area contributed by atoms with Gasteiger partial charge >= 0.3 is 5.97 Å². The lowest BCUT2D eigenvalue weighted by atomic mass is 10.1. The molecule has 0 aliphatic heterocycles.